The van der Waals surface area contributed by atoms with E-state index in [0.717, 1.165) is 18.4 Å². The lowest BCUT2D eigenvalue weighted by molar-refractivity contribution is 0.183. The lowest BCUT2D eigenvalue weighted by Gasteiger charge is -2.17. The Balaban J connectivity index is 2.03. The molecule has 2 rings (SSSR count). The summed E-state index contributed by atoms with van der Waals surface area (Å²) >= 11 is 3.34. The highest BCUT2D eigenvalue weighted by Crippen LogP contribution is 2.25. The van der Waals surface area contributed by atoms with Gasteiger partial charge < -0.3 is 4.74 Å². The standard InChI is InChI=1S/C14H18BrFO/c15-10-11-7-12(16)9-14(8-11)17-13-5-3-1-2-4-6-13/h7-9,13H,1-6,10H2. The zero-order valence-electron chi connectivity index (χ0n) is 9.92. The molecule has 1 fully saturated rings. The molecule has 94 valence electrons. The molecular formula is C14H18BrFO. The van der Waals surface area contributed by atoms with Crippen LogP contribution in [0.2, 0.25) is 0 Å². The monoisotopic (exact) mass is 300 g/mol. The highest BCUT2D eigenvalue weighted by atomic mass is 79.9. The van der Waals surface area contributed by atoms with Gasteiger partial charge in [-0.25, -0.2) is 4.39 Å². The minimum Gasteiger partial charge on any atom is -0.490 e. The highest BCUT2D eigenvalue weighted by molar-refractivity contribution is 9.08. The van der Waals surface area contributed by atoms with Crippen LogP contribution in [0.1, 0.15) is 44.1 Å². The van der Waals surface area contributed by atoms with E-state index in [4.69, 9.17) is 4.74 Å². The zero-order valence-corrected chi connectivity index (χ0v) is 11.5. The maximum Gasteiger partial charge on any atom is 0.127 e. The first-order valence-electron chi connectivity index (χ1n) is 6.30. The molecule has 1 aromatic carbocycles. The van der Waals surface area contributed by atoms with Gasteiger partial charge in [0.2, 0.25) is 0 Å². The van der Waals surface area contributed by atoms with E-state index in [1.54, 1.807) is 0 Å². The van der Waals surface area contributed by atoms with Crippen LogP contribution < -0.4 is 4.74 Å². The summed E-state index contributed by atoms with van der Waals surface area (Å²) in [6, 6.07) is 4.94. The van der Waals surface area contributed by atoms with Gasteiger partial charge in [-0.15, -0.1) is 0 Å². The lowest BCUT2D eigenvalue weighted by atomic mass is 10.1. The van der Waals surface area contributed by atoms with Crippen LogP contribution in [-0.2, 0) is 5.33 Å². The molecule has 0 bridgehead atoms. The van der Waals surface area contributed by atoms with Crippen LogP contribution in [0.3, 0.4) is 0 Å². The summed E-state index contributed by atoms with van der Waals surface area (Å²) in [5, 5.41) is 0.659. The summed E-state index contributed by atoms with van der Waals surface area (Å²) in [7, 11) is 0. The van der Waals surface area contributed by atoms with Crippen LogP contribution in [0.5, 0.6) is 5.75 Å². The molecular weight excluding hydrogens is 283 g/mol. The molecule has 0 aromatic heterocycles. The Morgan fingerprint density at radius 3 is 2.47 bits per heavy atom. The van der Waals surface area contributed by atoms with Crippen LogP contribution in [0, 0.1) is 5.82 Å². The van der Waals surface area contributed by atoms with E-state index >= 15 is 0 Å². The van der Waals surface area contributed by atoms with E-state index in [0.29, 0.717) is 11.1 Å². The molecule has 0 atom stereocenters. The van der Waals surface area contributed by atoms with E-state index in [1.807, 2.05) is 6.07 Å². The molecule has 1 aliphatic rings. The van der Waals surface area contributed by atoms with Crippen LogP contribution >= 0.6 is 15.9 Å². The van der Waals surface area contributed by atoms with Crippen molar-refractivity contribution in [3.05, 3.63) is 29.6 Å². The number of hydrogen-bond donors (Lipinski definition) is 0. The van der Waals surface area contributed by atoms with Crippen molar-refractivity contribution in [1.29, 1.82) is 0 Å². The minimum atomic E-state index is -0.217. The van der Waals surface area contributed by atoms with Gasteiger partial charge in [0.15, 0.2) is 0 Å². The van der Waals surface area contributed by atoms with Crippen molar-refractivity contribution < 1.29 is 9.13 Å². The van der Waals surface area contributed by atoms with Crippen molar-refractivity contribution >= 4 is 15.9 Å². The normalized spacial score (nSPS) is 17.8. The molecule has 1 aromatic rings. The highest BCUT2D eigenvalue weighted by Gasteiger charge is 2.14. The predicted molar refractivity (Wildman–Crippen MR) is 71.1 cm³/mol. The third-order valence-electron chi connectivity index (χ3n) is 3.19. The molecule has 0 heterocycles. The van der Waals surface area contributed by atoms with Gasteiger partial charge in [0, 0.05) is 11.4 Å². The van der Waals surface area contributed by atoms with Crippen LogP contribution in [0.15, 0.2) is 18.2 Å². The van der Waals surface area contributed by atoms with Gasteiger partial charge in [-0.3, -0.25) is 0 Å². The first-order chi connectivity index (χ1) is 8.28. The fraction of sp³-hybridized carbons (Fsp3) is 0.571. The maximum absolute atomic E-state index is 13.3. The summed E-state index contributed by atoms with van der Waals surface area (Å²) in [6.07, 6.45) is 7.52. The average Bonchev–Trinajstić information content (AvgIpc) is 2.57. The maximum atomic E-state index is 13.3. The molecule has 3 heteroatoms. The molecule has 17 heavy (non-hydrogen) atoms. The van der Waals surface area contributed by atoms with Crippen molar-refractivity contribution in [3.63, 3.8) is 0 Å². The van der Waals surface area contributed by atoms with Gasteiger partial charge in [-0.2, -0.15) is 0 Å². The number of halogens is 2. The van der Waals surface area contributed by atoms with Gasteiger partial charge in [-0.1, -0.05) is 28.8 Å². The Labute approximate surface area is 110 Å². The van der Waals surface area contributed by atoms with Crippen molar-refractivity contribution in [3.8, 4) is 5.75 Å². The Morgan fingerprint density at radius 2 is 1.82 bits per heavy atom. The number of ether oxygens (including phenoxy) is 1. The second kappa shape index (κ2) is 6.39. The summed E-state index contributed by atoms with van der Waals surface area (Å²) in [5.41, 5.74) is 0.925. The fourth-order valence-corrected chi connectivity index (χ4v) is 2.64. The fourth-order valence-electron chi connectivity index (χ4n) is 2.32. The van der Waals surface area contributed by atoms with E-state index < -0.39 is 0 Å². The van der Waals surface area contributed by atoms with E-state index in [9.17, 15) is 4.39 Å². The molecule has 0 amide bonds. The molecule has 0 N–H and O–H groups in total. The van der Waals surface area contributed by atoms with E-state index in [2.05, 4.69) is 15.9 Å². The number of hydrogen-bond acceptors (Lipinski definition) is 1. The summed E-state index contributed by atoms with van der Waals surface area (Å²) < 4.78 is 19.2. The second-order valence-corrected chi connectivity index (χ2v) is 5.22. The molecule has 0 saturated heterocycles. The third kappa shape index (κ3) is 3.98. The van der Waals surface area contributed by atoms with E-state index in [-0.39, 0.29) is 11.9 Å². The lowest BCUT2D eigenvalue weighted by Crippen LogP contribution is -2.15. The number of rotatable bonds is 3. The average molecular weight is 301 g/mol. The van der Waals surface area contributed by atoms with Crippen molar-refractivity contribution in [2.24, 2.45) is 0 Å². The van der Waals surface area contributed by atoms with Crippen LogP contribution in [-0.4, -0.2) is 6.10 Å². The Bertz CT molecular complexity index is 359. The molecule has 1 aliphatic carbocycles. The smallest absolute Gasteiger partial charge is 0.127 e. The first-order valence-corrected chi connectivity index (χ1v) is 7.42. The minimum absolute atomic E-state index is 0.217. The second-order valence-electron chi connectivity index (χ2n) is 4.66. The van der Waals surface area contributed by atoms with Gasteiger partial charge in [0.05, 0.1) is 6.10 Å². The largest absolute Gasteiger partial charge is 0.490 e. The summed E-state index contributed by atoms with van der Waals surface area (Å²) in [4.78, 5) is 0. The molecule has 0 radical (unpaired) electrons. The van der Waals surface area contributed by atoms with Gasteiger partial charge in [0.25, 0.3) is 0 Å². The molecule has 0 aliphatic heterocycles. The van der Waals surface area contributed by atoms with E-state index in [1.165, 1.54) is 37.8 Å². The summed E-state index contributed by atoms with van der Waals surface area (Å²) in [6.45, 7) is 0. The first kappa shape index (κ1) is 12.9. The topological polar surface area (TPSA) is 9.23 Å². The zero-order chi connectivity index (χ0) is 12.1. The van der Waals surface area contributed by atoms with Crippen molar-refractivity contribution in [2.75, 3.05) is 0 Å². The summed E-state index contributed by atoms with van der Waals surface area (Å²) in [5.74, 6) is 0.455. The van der Waals surface area contributed by atoms with Gasteiger partial charge in [0.1, 0.15) is 11.6 Å². The predicted octanol–water partition coefficient (Wildman–Crippen LogP) is 4.82. The van der Waals surface area contributed by atoms with Gasteiger partial charge >= 0.3 is 0 Å². The molecule has 1 saturated carbocycles. The Kier molecular flexibility index (Phi) is 4.84. The SMILES string of the molecule is Fc1cc(CBr)cc(OC2CCCCCC2)c1. The van der Waals surface area contributed by atoms with Crippen molar-refractivity contribution in [2.45, 2.75) is 50.0 Å². The van der Waals surface area contributed by atoms with Gasteiger partial charge in [-0.05, 0) is 43.4 Å². The number of benzene rings is 1. The third-order valence-corrected chi connectivity index (χ3v) is 3.84. The quantitative estimate of drug-likeness (QED) is 0.574. The number of alkyl halides is 1. The molecule has 0 unspecified atom stereocenters. The molecule has 1 nitrogen and oxygen atoms in total. The Morgan fingerprint density at radius 1 is 1.12 bits per heavy atom. The Hall–Kier alpha value is -0.570. The van der Waals surface area contributed by atoms with Crippen LogP contribution in [0.25, 0.3) is 0 Å². The van der Waals surface area contributed by atoms with Crippen molar-refractivity contribution in [1.82, 2.24) is 0 Å². The van der Waals surface area contributed by atoms with Crippen LogP contribution in [0.4, 0.5) is 4.39 Å². The molecule has 0 spiro atoms.